The lowest BCUT2D eigenvalue weighted by atomic mass is 9.72. The fraction of sp³-hybridized carbons (Fsp3) is 0.524. The summed E-state index contributed by atoms with van der Waals surface area (Å²) in [6, 6.07) is 14.0. The molecule has 280 valence electrons. The van der Waals surface area contributed by atoms with Gasteiger partial charge in [-0.1, -0.05) is 56.0 Å². The predicted molar refractivity (Wildman–Crippen MR) is 206 cm³/mol. The van der Waals surface area contributed by atoms with E-state index in [0.29, 0.717) is 32.3 Å². The quantitative estimate of drug-likeness (QED) is 0.0842. The Morgan fingerprint density at radius 3 is 2.72 bits per heavy atom. The van der Waals surface area contributed by atoms with E-state index in [-0.39, 0.29) is 41.2 Å². The van der Waals surface area contributed by atoms with Crippen molar-refractivity contribution in [3.05, 3.63) is 64.0 Å². The normalized spacial score (nSPS) is 30.9. The van der Waals surface area contributed by atoms with Crippen molar-refractivity contribution in [3.8, 4) is 11.8 Å². The Bertz CT molecular complexity index is 1980. The fourth-order valence-corrected chi connectivity index (χ4v) is 9.71. The molecular weight excluding hydrogens is 689 g/mol. The molecule has 11 heteroatoms. The molecule has 6 rings (SSSR count). The molecule has 5 heterocycles. The topological polar surface area (TPSA) is 110 Å². The van der Waals surface area contributed by atoms with Crippen LogP contribution in [0.1, 0.15) is 95.4 Å². The molecule has 3 aliphatic rings. The number of thiophene rings is 1. The van der Waals surface area contributed by atoms with E-state index < -0.39 is 23.7 Å². The van der Waals surface area contributed by atoms with Gasteiger partial charge in [0.15, 0.2) is 11.6 Å². The summed E-state index contributed by atoms with van der Waals surface area (Å²) >= 11 is 1.53. The largest absolute Gasteiger partial charge is 0.455 e. The zero-order valence-corrected chi connectivity index (χ0v) is 32.7. The molecule has 0 saturated carbocycles. The van der Waals surface area contributed by atoms with Crippen LogP contribution in [0.5, 0.6) is 0 Å². The number of carbonyl (C=O) groups excluding carboxylic acids is 3. The number of benzene rings is 1. The molecule has 1 unspecified atom stereocenters. The summed E-state index contributed by atoms with van der Waals surface area (Å²) in [5.41, 5.74) is 0.500. The summed E-state index contributed by atoms with van der Waals surface area (Å²) in [4.78, 5) is 53.4. The number of ether oxygens (including phenoxy) is 2. The van der Waals surface area contributed by atoms with Crippen LogP contribution in [-0.2, 0) is 30.5 Å². The van der Waals surface area contributed by atoms with Crippen molar-refractivity contribution in [2.45, 2.75) is 110 Å². The second kappa shape index (κ2) is 15.8. The third-order valence-electron chi connectivity index (χ3n) is 11.4. The molecule has 2 amide bonds. The van der Waals surface area contributed by atoms with E-state index in [0.717, 1.165) is 44.0 Å². The van der Waals surface area contributed by atoms with Gasteiger partial charge in [-0.15, -0.1) is 11.3 Å². The maximum absolute atomic E-state index is 13.7. The number of hydrogen-bond donors (Lipinski definition) is 0. The second-order valence-corrected chi connectivity index (χ2v) is 16.7. The number of amides is 2. The van der Waals surface area contributed by atoms with Gasteiger partial charge in [0, 0.05) is 54.3 Å². The Labute approximate surface area is 316 Å². The number of oxime groups is 1. The Hall–Kier alpha value is -4.56. The van der Waals surface area contributed by atoms with Crippen molar-refractivity contribution >= 4 is 52.6 Å². The lowest BCUT2D eigenvalue weighted by Gasteiger charge is -2.40. The van der Waals surface area contributed by atoms with Crippen LogP contribution >= 0.6 is 11.3 Å². The number of esters is 1. The van der Waals surface area contributed by atoms with Crippen LogP contribution in [0.25, 0.3) is 10.9 Å². The summed E-state index contributed by atoms with van der Waals surface area (Å²) < 4.78 is 14.5. The third kappa shape index (κ3) is 8.18. The lowest BCUT2D eigenvalue weighted by molar-refractivity contribution is -0.604. The standard InChI is InChI=1S/C42H51N4O6S/c1-8-36-42(6)37-29(4)46(20-12-15-34(37)39(48)52-42)28(3)23-41(5,22-27(2)38(47)45(7)40(49)51-36)19-11-14-32-17-18-33(53-32)25-44-50-26-30-21-31-13-9-10-16-35(31)43-24-30/h9-10,13,16-18,20-21,24-25,27-29,34,36-37H,8,12,15,19,22-23,26H2,1-7H3/q+1/t27-,28-,29-,34?,36-,37+,41+,42-/m1/s1. The van der Waals surface area contributed by atoms with Crippen LogP contribution in [0.2, 0.25) is 0 Å². The number of pyridine rings is 1. The summed E-state index contributed by atoms with van der Waals surface area (Å²) in [7, 11) is 1.47. The first-order chi connectivity index (χ1) is 25.3. The SMILES string of the molecule is CC[C@H]1OC(=O)N(C)C(=O)[C@H](C)C[C@](C)(CC#Cc2ccc(C=NOCc3cnc4ccccc4c3)s2)C[C@@H](C)[N+]2=CCCC3C(=O)O[C@@]1(C)[C@H]3[C@H]2C. The van der Waals surface area contributed by atoms with Gasteiger partial charge in [0.2, 0.25) is 5.91 Å². The van der Waals surface area contributed by atoms with Crippen molar-refractivity contribution in [1.29, 1.82) is 0 Å². The lowest BCUT2D eigenvalue weighted by Crippen LogP contribution is -2.55. The molecule has 0 spiro atoms. The maximum Gasteiger partial charge on any atom is 0.416 e. The fourth-order valence-electron chi connectivity index (χ4n) is 8.97. The zero-order valence-electron chi connectivity index (χ0n) is 31.8. The highest BCUT2D eigenvalue weighted by atomic mass is 32.1. The highest BCUT2D eigenvalue weighted by molar-refractivity contribution is 7.14. The minimum Gasteiger partial charge on any atom is -0.455 e. The van der Waals surface area contributed by atoms with Crippen molar-refractivity contribution < 1.29 is 33.3 Å². The van der Waals surface area contributed by atoms with E-state index in [4.69, 9.17) is 14.3 Å². The van der Waals surface area contributed by atoms with Gasteiger partial charge in [-0.3, -0.25) is 19.5 Å². The molecule has 2 fully saturated rings. The minimum absolute atomic E-state index is 0.0452. The van der Waals surface area contributed by atoms with E-state index in [1.807, 2.05) is 57.2 Å². The molecule has 2 aromatic heterocycles. The number of hydrogen-bond acceptors (Lipinski definition) is 9. The molecule has 2 bridgehead atoms. The Balaban J connectivity index is 1.19. The number of nitrogens with zero attached hydrogens (tertiary/aromatic N) is 4. The molecule has 10 nitrogen and oxygen atoms in total. The first-order valence-corrected chi connectivity index (χ1v) is 19.5. The number of aromatic nitrogens is 1. The number of carbonyl (C=O) groups is 3. The number of rotatable bonds is 6. The maximum atomic E-state index is 13.7. The first-order valence-electron chi connectivity index (χ1n) is 18.7. The van der Waals surface area contributed by atoms with Crippen molar-refractivity contribution in [2.75, 3.05) is 7.05 Å². The molecular formula is C42H51N4O6S+. The molecule has 0 aliphatic carbocycles. The van der Waals surface area contributed by atoms with Gasteiger partial charge < -0.3 is 14.3 Å². The summed E-state index contributed by atoms with van der Waals surface area (Å²) in [5, 5.41) is 5.23. The number of fused-ring (bicyclic) bond motifs is 2. The van der Waals surface area contributed by atoms with E-state index in [1.165, 1.54) is 18.4 Å². The van der Waals surface area contributed by atoms with E-state index in [9.17, 15) is 14.4 Å². The molecule has 0 N–H and O–H groups in total. The first kappa shape index (κ1) is 38.2. The number of para-hydroxylation sites is 1. The molecule has 3 aromatic rings. The van der Waals surface area contributed by atoms with Gasteiger partial charge in [-0.2, -0.15) is 0 Å². The average Bonchev–Trinajstić information content (AvgIpc) is 3.63. The second-order valence-electron chi connectivity index (χ2n) is 15.6. The van der Waals surface area contributed by atoms with Crippen LogP contribution in [-0.4, -0.2) is 75.7 Å². The van der Waals surface area contributed by atoms with Crippen LogP contribution < -0.4 is 0 Å². The van der Waals surface area contributed by atoms with Crippen molar-refractivity contribution in [1.82, 2.24) is 9.88 Å². The van der Waals surface area contributed by atoms with Gasteiger partial charge >= 0.3 is 12.1 Å². The zero-order chi connectivity index (χ0) is 37.9. The van der Waals surface area contributed by atoms with E-state index in [2.05, 4.69) is 59.6 Å². The average molecular weight is 740 g/mol. The van der Waals surface area contributed by atoms with Crippen LogP contribution in [0.4, 0.5) is 4.79 Å². The third-order valence-corrected chi connectivity index (χ3v) is 12.3. The molecule has 1 aromatic carbocycles. The molecule has 3 aliphatic heterocycles. The van der Waals surface area contributed by atoms with Gasteiger partial charge in [0.1, 0.15) is 25.0 Å². The van der Waals surface area contributed by atoms with Gasteiger partial charge in [0.05, 0.1) is 28.4 Å². The van der Waals surface area contributed by atoms with Gasteiger partial charge in [-0.05, 0) is 69.7 Å². The van der Waals surface area contributed by atoms with E-state index in [1.54, 1.807) is 12.4 Å². The van der Waals surface area contributed by atoms with Crippen molar-refractivity contribution in [3.63, 3.8) is 0 Å². The monoisotopic (exact) mass is 739 g/mol. The van der Waals surface area contributed by atoms with E-state index >= 15 is 0 Å². The Morgan fingerprint density at radius 1 is 1.13 bits per heavy atom. The highest BCUT2D eigenvalue weighted by Gasteiger charge is 2.62. The van der Waals surface area contributed by atoms with Crippen LogP contribution in [0.15, 0.2) is 53.8 Å². The number of cyclic esters (lactones) is 1. The van der Waals surface area contributed by atoms with Crippen LogP contribution in [0.3, 0.4) is 0 Å². The predicted octanol–water partition coefficient (Wildman–Crippen LogP) is 7.60. The molecule has 2 saturated heterocycles. The smallest absolute Gasteiger partial charge is 0.416 e. The van der Waals surface area contributed by atoms with Crippen molar-refractivity contribution in [2.24, 2.45) is 28.3 Å². The summed E-state index contributed by atoms with van der Waals surface area (Å²) in [6.07, 6.45) is 8.07. The highest BCUT2D eigenvalue weighted by Crippen LogP contribution is 2.48. The molecule has 53 heavy (non-hydrogen) atoms. The van der Waals surface area contributed by atoms with Gasteiger partial charge in [0.25, 0.3) is 0 Å². The molecule has 0 radical (unpaired) electrons. The summed E-state index contributed by atoms with van der Waals surface area (Å²) in [5.74, 6) is 5.30. The Kier molecular flexibility index (Phi) is 11.4. The Morgan fingerprint density at radius 2 is 1.92 bits per heavy atom. The van der Waals surface area contributed by atoms with Gasteiger partial charge in [-0.25, -0.2) is 9.37 Å². The van der Waals surface area contributed by atoms with Crippen LogP contribution in [0, 0.1) is 35.0 Å². The number of imide groups is 1. The minimum atomic E-state index is -1.03. The summed E-state index contributed by atoms with van der Waals surface area (Å²) in [6.45, 7) is 12.6. The molecule has 8 atom stereocenters.